The van der Waals surface area contributed by atoms with E-state index in [0.29, 0.717) is 5.56 Å². The molecule has 1 N–H and O–H groups in total. The lowest BCUT2D eigenvalue weighted by Crippen LogP contribution is -2.49. The molecule has 0 fully saturated rings. The van der Waals surface area contributed by atoms with Gasteiger partial charge in [0, 0.05) is 6.54 Å². The summed E-state index contributed by atoms with van der Waals surface area (Å²) in [6.07, 6.45) is 1.05. The van der Waals surface area contributed by atoms with Crippen LogP contribution in [0.15, 0.2) is 48.5 Å². The summed E-state index contributed by atoms with van der Waals surface area (Å²) < 4.78 is 52.6. The van der Waals surface area contributed by atoms with E-state index in [0.717, 1.165) is 16.6 Å². The second-order valence-electron chi connectivity index (χ2n) is 5.78. The van der Waals surface area contributed by atoms with Crippen molar-refractivity contribution in [2.75, 3.05) is 10.6 Å². The number of carbonyl (C=O) groups excluding carboxylic acids is 1. The van der Waals surface area contributed by atoms with Crippen molar-refractivity contribution in [3.8, 4) is 0 Å². The van der Waals surface area contributed by atoms with Gasteiger partial charge in [0.2, 0.25) is 15.9 Å². The van der Waals surface area contributed by atoms with E-state index in [2.05, 4.69) is 5.32 Å². The van der Waals surface area contributed by atoms with Gasteiger partial charge >= 0.3 is 0 Å². The third-order valence-corrected chi connectivity index (χ3v) is 4.94. The number of amides is 1. The lowest BCUT2D eigenvalue weighted by Gasteiger charge is -2.30. The molecule has 1 atom stereocenters. The van der Waals surface area contributed by atoms with Gasteiger partial charge in [-0.1, -0.05) is 31.2 Å². The first-order chi connectivity index (χ1) is 12.2. The molecule has 0 aliphatic rings. The number of hydrogen-bond acceptors (Lipinski definition) is 3. The third-order valence-electron chi connectivity index (χ3n) is 3.78. The van der Waals surface area contributed by atoms with Gasteiger partial charge in [0.05, 0.1) is 11.9 Å². The van der Waals surface area contributed by atoms with Crippen LogP contribution in [-0.2, 0) is 21.4 Å². The average Bonchev–Trinajstić information content (AvgIpc) is 2.57. The number of para-hydroxylation sites is 1. The summed E-state index contributed by atoms with van der Waals surface area (Å²) in [6.45, 7) is 1.66. The maximum Gasteiger partial charge on any atom is 0.244 e. The van der Waals surface area contributed by atoms with E-state index in [1.54, 1.807) is 13.0 Å². The molecular weight excluding hydrogens is 362 g/mol. The van der Waals surface area contributed by atoms with Crippen molar-refractivity contribution in [1.29, 1.82) is 0 Å². The molecule has 0 saturated carbocycles. The predicted molar refractivity (Wildman–Crippen MR) is 96.0 cm³/mol. The van der Waals surface area contributed by atoms with Gasteiger partial charge in [-0.05, 0) is 36.2 Å². The Bertz CT molecular complexity index is 888. The SMILES string of the molecule is CCC(C(=O)NCc1cccc(F)c1)N(c1ccccc1F)S(C)(=O)=O. The van der Waals surface area contributed by atoms with Crippen LogP contribution in [0.25, 0.3) is 0 Å². The van der Waals surface area contributed by atoms with Crippen LogP contribution < -0.4 is 9.62 Å². The minimum Gasteiger partial charge on any atom is -0.350 e. The highest BCUT2D eigenvalue weighted by Crippen LogP contribution is 2.25. The minimum absolute atomic E-state index is 0.0297. The monoisotopic (exact) mass is 382 g/mol. The van der Waals surface area contributed by atoms with E-state index in [-0.39, 0.29) is 18.7 Å². The summed E-state index contributed by atoms with van der Waals surface area (Å²) in [4.78, 5) is 12.6. The summed E-state index contributed by atoms with van der Waals surface area (Å²) in [5, 5.41) is 2.58. The van der Waals surface area contributed by atoms with E-state index in [4.69, 9.17) is 0 Å². The number of sulfonamides is 1. The van der Waals surface area contributed by atoms with E-state index in [1.807, 2.05) is 0 Å². The van der Waals surface area contributed by atoms with Crippen LogP contribution in [0.3, 0.4) is 0 Å². The topological polar surface area (TPSA) is 66.5 Å². The maximum absolute atomic E-state index is 14.1. The molecule has 0 aliphatic carbocycles. The standard InChI is InChI=1S/C18H20F2N2O3S/c1-3-16(18(23)21-12-13-7-6-8-14(19)11-13)22(26(2,24)25)17-10-5-4-9-15(17)20/h4-11,16H,3,12H2,1-2H3,(H,21,23). The lowest BCUT2D eigenvalue weighted by molar-refractivity contribution is -0.122. The van der Waals surface area contributed by atoms with Crippen molar-refractivity contribution in [2.45, 2.75) is 25.9 Å². The number of rotatable bonds is 7. The van der Waals surface area contributed by atoms with Gasteiger partial charge in [-0.2, -0.15) is 0 Å². The summed E-state index contributed by atoms with van der Waals surface area (Å²) >= 11 is 0. The number of nitrogens with zero attached hydrogens (tertiary/aromatic N) is 1. The van der Waals surface area contributed by atoms with Gasteiger partial charge in [-0.25, -0.2) is 17.2 Å². The molecular formula is C18H20F2N2O3S. The number of benzene rings is 2. The quantitative estimate of drug-likeness (QED) is 0.801. The van der Waals surface area contributed by atoms with Crippen molar-refractivity contribution in [1.82, 2.24) is 5.32 Å². The minimum atomic E-state index is -3.91. The molecule has 1 unspecified atom stereocenters. The molecule has 26 heavy (non-hydrogen) atoms. The highest BCUT2D eigenvalue weighted by atomic mass is 32.2. The molecule has 0 aliphatic heterocycles. The summed E-state index contributed by atoms with van der Waals surface area (Å²) in [5.41, 5.74) is 0.341. The number of nitrogens with one attached hydrogen (secondary N) is 1. The first-order valence-corrected chi connectivity index (χ1v) is 9.85. The van der Waals surface area contributed by atoms with Gasteiger partial charge in [-0.15, -0.1) is 0 Å². The van der Waals surface area contributed by atoms with Crippen LogP contribution in [0.5, 0.6) is 0 Å². The van der Waals surface area contributed by atoms with Gasteiger partial charge < -0.3 is 5.32 Å². The Hall–Kier alpha value is -2.48. The van der Waals surface area contributed by atoms with Crippen LogP contribution in [0.1, 0.15) is 18.9 Å². The molecule has 1 amide bonds. The van der Waals surface area contributed by atoms with Crippen LogP contribution in [0.4, 0.5) is 14.5 Å². The molecule has 0 spiro atoms. The van der Waals surface area contributed by atoms with E-state index >= 15 is 0 Å². The number of carbonyl (C=O) groups is 1. The molecule has 5 nitrogen and oxygen atoms in total. The zero-order valence-corrected chi connectivity index (χ0v) is 15.3. The second kappa shape index (κ2) is 8.27. The molecule has 0 aromatic heterocycles. The van der Waals surface area contributed by atoms with Crippen LogP contribution in [0.2, 0.25) is 0 Å². The fourth-order valence-corrected chi connectivity index (χ4v) is 3.83. The van der Waals surface area contributed by atoms with Crippen molar-refractivity contribution >= 4 is 21.6 Å². The van der Waals surface area contributed by atoms with E-state index in [9.17, 15) is 22.0 Å². The molecule has 140 valence electrons. The summed E-state index contributed by atoms with van der Waals surface area (Å²) in [7, 11) is -3.91. The molecule has 0 heterocycles. The zero-order valence-electron chi connectivity index (χ0n) is 14.4. The molecule has 2 aromatic rings. The second-order valence-corrected chi connectivity index (χ2v) is 7.64. The molecule has 0 bridgehead atoms. The highest BCUT2D eigenvalue weighted by Gasteiger charge is 2.32. The Morgan fingerprint density at radius 2 is 1.85 bits per heavy atom. The largest absolute Gasteiger partial charge is 0.350 e. The van der Waals surface area contributed by atoms with E-state index < -0.39 is 33.6 Å². The van der Waals surface area contributed by atoms with Crippen molar-refractivity contribution in [3.05, 3.63) is 65.7 Å². The Morgan fingerprint density at radius 1 is 1.15 bits per heavy atom. The predicted octanol–water partition coefficient (Wildman–Crippen LogP) is 2.83. The first kappa shape index (κ1) is 19.8. The van der Waals surface area contributed by atoms with Crippen molar-refractivity contribution < 1.29 is 22.0 Å². The summed E-state index contributed by atoms with van der Waals surface area (Å²) in [6, 6.07) is 9.93. The zero-order chi connectivity index (χ0) is 19.3. The lowest BCUT2D eigenvalue weighted by atomic mass is 10.1. The number of halogens is 2. The smallest absolute Gasteiger partial charge is 0.244 e. The van der Waals surface area contributed by atoms with Crippen LogP contribution in [-0.4, -0.2) is 26.6 Å². The fourth-order valence-electron chi connectivity index (χ4n) is 2.62. The van der Waals surface area contributed by atoms with Crippen LogP contribution in [0, 0.1) is 11.6 Å². The van der Waals surface area contributed by atoms with Crippen molar-refractivity contribution in [2.24, 2.45) is 0 Å². The Balaban J connectivity index is 2.27. The molecule has 2 aromatic carbocycles. The average molecular weight is 382 g/mol. The maximum atomic E-state index is 14.1. The Morgan fingerprint density at radius 3 is 2.42 bits per heavy atom. The van der Waals surface area contributed by atoms with Gasteiger partial charge in [0.1, 0.15) is 17.7 Å². The number of hydrogen-bond donors (Lipinski definition) is 1. The van der Waals surface area contributed by atoms with Gasteiger partial charge in [-0.3, -0.25) is 9.10 Å². The Labute approximate surface area is 151 Å². The van der Waals surface area contributed by atoms with Gasteiger partial charge in [0.25, 0.3) is 0 Å². The van der Waals surface area contributed by atoms with Gasteiger partial charge in [0.15, 0.2) is 0 Å². The Kier molecular flexibility index (Phi) is 6.31. The normalized spacial score (nSPS) is 12.5. The fraction of sp³-hybridized carbons (Fsp3) is 0.278. The molecule has 0 radical (unpaired) electrons. The highest BCUT2D eigenvalue weighted by molar-refractivity contribution is 7.92. The van der Waals surface area contributed by atoms with Crippen molar-refractivity contribution in [3.63, 3.8) is 0 Å². The summed E-state index contributed by atoms with van der Waals surface area (Å²) in [5.74, 6) is -1.77. The molecule has 2 rings (SSSR count). The molecule has 0 saturated heterocycles. The first-order valence-electron chi connectivity index (χ1n) is 8.00. The van der Waals surface area contributed by atoms with E-state index in [1.165, 1.54) is 36.4 Å². The third kappa shape index (κ3) is 4.78. The number of anilines is 1. The van der Waals surface area contributed by atoms with Crippen LogP contribution >= 0.6 is 0 Å². The molecule has 8 heteroatoms.